The van der Waals surface area contributed by atoms with Crippen molar-refractivity contribution < 1.29 is 14.3 Å². The zero-order chi connectivity index (χ0) is 19.2. The summed E-state index contributed by atoms with van der Waals surface area (Å²) in [4.78, 5) is 29.2. The standard InChI is InChI=1S/C22H32N2O3/c1-17-8-7-9-18(2)21(17)27-16-20(25)23-14-10-19(11-15-23)22(26)24-12-5-3-4-6-13-24/h7-9,19H,3-6,10-16H2,1-2H3. The van der Waals surface area contributed by atoms with Gasteiger partial charge in [-0.1, -0.05) is 31.0 Å². The Kier molecular flexibility index (Phi) is 6.75. The van der Waals surface area contributed by atoms with Crippen LogP contribution in [0.15, 0.2) is 18.2 Å². The molecule has 2 aliphatic heterocycles. The third-order valence-corrected chi connectivity index (χ3v) is 5.86. The van der Waals surface area contributed by atoms with Crippen LogP contribution in [0.3, 0.4) is 0 Å². The molecule has 0 unspecified atom stereocenters. The maximum atomic E-state index is 12.8. The van der Waals surface area contributed by atoms with E-state index in [9.17, 15) is 9.59 Å². The van der Waals surface area contributed by atoms with Gasteiger partial charge in [-0.15, -0.1) is 0 Å². The van der Waals surface area contributed by atoms with Crippen molar-refractivity contribution in [2.24, 2.45) is 5.92 Å². The quantitative estimate of drug-likeness (QED) is 0.815. The van der Waals surface area contributed by atoms with E-state index in [1.54, 1.807) is 0 Å². The summed E-state index contributed by atoms with van der Waals surface area (Å²) in [6.07, 6.45) is 6.25. The Hall–Kier alpha value is -2.04. The topological polar surface area (TPSA) is 49.9 Å². The third-order valence-electron chi connectivity index (χ3n) is 5.86. The molecule has 0 spiro atoms. The van der Waals surface area contributed by atoms with Crippen LogP contribution in [0.1, 0.15) is 49.7 Å². The molecule has 2 aliphatic rings. The van der Waals surface area contributed by atoms with Crippen LogP contribution in [-0.4, -0.2) is 54.4 Å². The van der Waals surface area contributed by atoms with Crippen molar-refractivity contribution in [2.75, 3.05) is 32.8 Å². The predicted octanol–water partition coefficient (Wildman–Crippen LogP) is 3.32. The molecular weight excluding hydrogens is 340 g/mol. The number of aryl methyl sites for hydroxylation is 2. The van der Waals surface area contributed by atoms with Crippen molar-refractivity contribution in [1.29, 1.82) is 0 Å². The number of benzene rings is 1. The first-order valence-corrected chi connectivity index (χ1v) is 10.3. The van der Waals surface area contributed by atoms with E-state index in [-0.39, 0.29) is 18.4 Å². The summed E-state index contributed by atoms with van der Waals surface area (Å²) < 4.78 is 5.80. The van der Waals surface area contributed by atoms with E-state index in [2.05, 4.69) is 4.90 Å². The molecular formula is C22H32N2O3. The second-order valence-corrected chi connectivity index (χ2v) is 7.90. The molecule has 2 amide bonds. The average molecular weight is 373 g/mol. The largest absolute Gasteiger partial charge is 0.483 e. The van der Waals surface area contributed by atoms with Crippen molar-refractivity contribution in [3.63, 3.8) is 0 Å². The summed E-state index contributed by atoms with van der Waals surface area (Å²) >= 11 is 0. The molecule has 0 aromatic heterocycles. The number of ether oxygens (including phenoxy) is 1. The van der Waals surface area contributed by atoms with Crippen LogP contribution in [0.4, 0.5) is 0 Å². The lowest BCUT2D eigenvalue weighted by molar-refractivity contribution is -0.141. The minimum atomic E-state index is 0.0123. The van der Waals surface area contributed by atoms with Gasteiger partial charge < -0.3 is 14.5 Å². The number of carbonyl (C=O) groups excluding carboxylic acids is 2. The van der Waals surface area contributed by atoms with Gasteiger partial charge in [0.2, 0.25) is 5.91 Å². The first kappa shape index (κ1) is 19.7. The van der Waals surface area contributed by atoms with Crippen LogP contribution < -0.4 is 4.74 Å². The Morgan fingerprint density at radius 3 is 2.11 bits per heavy atom. The number of likely N-dealkylation sites (tertiary alicyclic amines) is 2. The van der Waals surface area contributed by atoms with Crippen molar-refractivity contribution >= 4 is 11.8 Å². The van der Waals surface area contributed by atoms with Crippen molar-refractivity contribution in [3.05, 3.63) is 29.3 Å². The van der Waals surface area contributed by atoms with Gasteiger partial charge in [-0.25, -0.2) is 0 Å². The fourth-order valence-corrected chi connectivity index (χ4v) is 4.18. The van der Waals surface area contributed by atoms with Gasteiger partial charge in [-0.3, -0.25) is 9.59 Å². The molecule has 3 rings (SSSR count). The van der Waals surface area contributed by atoms with E-state index < -0.39 is 0 Å². The van der Waals surface area contributed by atoms with Gasteiger partial charge in [0.1, 0.15) is 5.75 Å². The van der Waals surface area contributed by atoms with E-state index in [0.29, 0.717) is 19.0 Å². The summed E-state index contributed by atoms with van der Waals surface area (Å²) in [5, 5.41) is 0. The lowest BCUT2D eigenvalue weighted by Crippen LogP contribution is -2.45. The van der Waals surface area contributed by atoms with E-state index in [4.69, 9.17) is 4.74 Å². The highest BCUT2D eigenvalue weighted by molar-refractivity contribution is 5.80. The number of piperidine rings is 1. The van der Waals surface area contributed by atoms with Crippen LogP contribution in [-0.2, 0) is 9.59 Å². The highest BCUT2D eigenvalue weighted by atomic mass is 16.5. The van der Waals surface area contributed by atoms with Gasteiger partial charge in [-0.2, -0.15) is 0 Å². The van der Waals surface area contributed by atoms with Gasteiger partial charge in [0.05, 0.1) is 0 Å². The molecule has 148 valence electrons. The Bertz CT molecular complexity index is 637. The molecule has 0 atom stereocenters. The zero-order valence-corrected chi connectivity index (χ0v) is 16.7. The summed E-state index contributed by atoms with van der Waals surface area (Å²) in [7, 11) is 0. The monoisotopic (exact) mass is 372 g/mol. The third kappa shape index (κ3) is 5.02. The molecule has 0 saturated carbocycles. The van der Waals surface area contributed by atoms with E-state index in [1.807, 2.05) is 36.9 Å². The van der Waals surface area contributed by atoms with Gasteiger partial charge in [-0.05, 0) is 50.7 Å². The molecule has 2 saturated heterocycles. The molecule has 2 fully saturated rings. The molecule has 2 heterocycles. The number of hydrogen-bond acceptors (Lipinski definition) is 3. The van der Waals surface area contributed by atoms with E-state index in [1.165, 1.54) is 12.8 Å². The summed E-state index contributed by atoms with van der Waals surface area (Å²) in [5.41, 5.74) is 2.09. The SMILES string of the molecule is Cc1cccc(C)c1OCC(=O)N1CCC(C(=O)N2CCCCCC2)CC1. The zero-order valence-electron chi connectivity index (χ0n) is 16.7. The second kappa shape index (κ2) is 9.25. The van der Waals surface area contributed by atoms with E-state index >= 15 is 0 Å². The summed E-state index contributed by atoms with van der Waals surface area (Å²) in [5.74, 6) is 1.19. The first-order chi connectivity index (χ1) is 13.1. The molecule has 0 N–H and O–H groups in total. The van der Waals surface area contributed by atoms with Crippen LogP contribution in [0, 0.1) is 19.8 Å². The number of hydrogen-bond donors (Lipinski definition) is 0. The Labute approximate surface area is 162 Å². The summed E-state index contributed by atoms with van der Waals surface area (Å²) in [6, 6.07) is 5.98. The predicted molar refractivity (Wildman–Crippen MR) is 106 cm³/mol. The molecule has 0 radical (unpaired) electrons. The molecule has 5 nitrogen and oxygen atoms in total. The maximum absolute atomic E-state index is 12.8. The number of carbonyl (C=O) groups is 2. The number of nitrogens with zero attached hydrogens (tertiary/aromatic N) is 2. The number of para-hydroxylation sites is 1. The van der Waals surface area contributed by atoms with Gasteiger partial charge in [0, 0.05) is 32.1 Å². The first-order valence-electron chi connectivity index (χ1n) is 10.3. The van der Waals surface area contributed by atoms with Crippen LogP contribution in [0.2, 0.25) is 0 Å². The van der Waals surface area contributed by atoms with Crippen molar-refractivity contribution in [1.82, 2.24) is 9.80 Å². The average Bonchev–Trinajstić information content (AvgIpc) is 2.96. The second-order valence-electron chi connectivity index (χ2n) is 7.90. The number of amides is 2. The molecule has 0 bridgehead atoms. The number of rotatable bonds is 4. The molecule has 27 heavy (non-hydrogen) atoms. The Morgan fingerprint density at radius 2 is 1.52 bits per heavy atom. The van der Waals surface area contributed by atoms with E-state index in [0.717, 1.165) is 55.6 Å². The smallest absolute Gasteiger partial charge is 0.260 e. The Balaban J connectivity index is 1.47. The molecule has 5 heteroatoms. The summed E-state index contributed by atoms with van der Waals surface area (Å²) in [6.45, 7) is 7.16. The van der Waals surface area contributed by atoms with Crippen molar-refractivity contribution in [3.8, 4) is 5.75 Å². The normalized spacial score (nSPS) is 18.9. The molecule has 1 aromatic rings. The van der Waals surface area contributed by atoms with Crippen LogP contribution >= 0.6 is 0 Å². The van der Waals surface area contributed by atoms with Crippen LogP contribution in [0.25, 0.3) is 0 Å². The lowest BCUT2D eigenvalue weighted by atomic mass is 9.95. The lowest BCUT2D eigenvalue weighted by Gasteiger charge is -2.34. The maximum Gasteiger partial charge on any atom is 0.260 e. The fraction of sp³-hybridized carbons (Fsp3) is 0.636. The molecule has 1 aromatic carbocycles. The fourth-order valence-electron chi connectivity index (χ4n) is 4.18. The minimum absolute atomic E-state index is 0.0123. The minimum Gasteiger partial charge on any atom is -0.483 e. The van der Waals surface area contributed by atoms with Gasteiger partial charge in [0.25, 0.3) is 5.91 Å². The van der Waals surface area contributed by atoms with Crippen molar-refractivity contribution in [2.45, 2.75) is 52.4 Å². The van der Waals surface area contributed by atoms with Gasteiger partial charge >= 0.3 is 0 Å². The van der Waals surface area contributed by atoms with Crippen LogP contribution in [0.5, 0.6) is 5.75 Å². The Morgan fingerprint density at radius 1 is 0.926 bits per heavy atom. The highest BCUT2D eigenvalue weighted by Gasteiger charge is 2.30. The molecule has 0 aliphatic carbocycles. The highest BCUT2D eigenvalue weighted by Crippen LogP contribution is 2.24. The van der Waals surface area contributed by atoms with Gasteiger partial charge in [0.15, 0.2) is 6.61 Å².